The molecule has 0 N–H and O–H groups in total. The Balaban J connectivity index is 1.39. The van der Waals surface area contributed by atoms with Crippen molar-refractivity contribution < 1.29 is 28.7 Å². The quantitative estimate of drug-likeness (QED) is 0.0288. The summed E-state index contributed by atoms with van der Waals surface area (Å²) < 4.78 is 26.4. The fraction of sp³-hybridized carbons (Fsp3) is 0.213. The van der Waals surface area contributed by atoms with Crippen LogP contribution in [0, 0.1) is 10.1 Å². The van der Waals surface area contributed by atoms with Gasteiger partial charge in [-0.05, 0) is 39.9 Å². The van der Waals surface area contributed by atoms with Crippen LogP contribution in [0.1, 0.15) is 38.2 Å². The molecule has 6 aromatic rings. The zero-order valence-electron chi connectivity index (χ0n) is 31.4. The van der Waals surface area contributed by atoms with Crippen LogP contribution in [0.4, 0.5) is 5.69 Å². The molecule has 57 heavy (non-hydrogen) atoms. The highest BCUT2D eigenvalue weighted by molar-refractivity contribution is 8.16. The maximum Gasteiger partial charge on any atom is 0.338 e. The molecule has 8 nitrogen and oxygen atoms in total. The molecule has 0 unspecified atom stereocenters. The van der Waals surface area contributed by atoms with E-state index in [4.69, 9.17) is 18.9 Å². The Hall–Kier alpha value is -5.23. The number of esters is 1. The van der Waals surface area contributed by atoms with E-state index in [2.05, 4.69) is 24.3 Å². The van der Waals surface area contributed by atoms with Crippen LogP contribution in [-0.2, 0) is 50.3 Å². The van der Waals surface area contributed by atoms with Gasteiger partial charge < -0.3 is 18.9 Å². The van der Waals surface area contributed by atoms with Gasteiger partial charge in [0.15, 0.2) is 6.10 Å². The molecule has 0 aliphatic carbocycles. The lowest BCUT2D eigenvalue weighted by Crippen LogP contribution is -2.49. The van der Waals surface area contributed by atoms with E-state index in [1.807, 2.05) is 127 Å². The summed E-state index contributed by atoms with van der Waals surface area (Å²) in [6.45, 7) is 0.791. The molecule has 0 aromatic heterocycles. The molecular weight excluding hydrogens is 755 g/mol. The molecule has 0 bridgehead atoms. The number of rotatable bonds is 22. The Morgan fingerprint density at radius 2 is 0.930 bits per heavy atom. The number of nitro benzene ring substituents is 1. The van der Waals surface area contributed by atoms with Gasteiger partial charge in [0.25, 0.3) is 5.69 Å². The van der Waals surface area contributed by atoms with Crippen LogP contribution in [0.15, 0.2) is 176 Å². The number of hydrogen-bond donors (Lipinski definition) is 0. The number of carbonyl (C=O) groups is 1. The van der Waals surface area contributed by atoms with Crippen LogP contribution in [0.25, 0.3) is 0 Å². The number of benzene rings is 6. The lowest BCUT2D eigenvalue weighted by Gasteiger charge is -2.37. The standard InChI is InChI=1S/C47H45NO7S2/c49-46(41-26-28-42(29-27-41)48(50)51)55-43(33-52-30-36-16-6-1-7-17-36)44(53-31-37-18-8-2-9-19-37)45(54-32-38-20-10-3-11-21-38)47(56-34-39-22-12-4-13-23-39)57-35-40-24-14-5-15-25-40/h1-29,43-45,47H,30-35H2/t43-,44+,45+/m0/s1. The van der Waals surface area contributed by atoms with Crippen molar-refractivity contribution in [1.29, 1.82) is 0 Å². The van der Waals surface area contributed by atoms with E-state index in [0.29, 0.717) is 18.1 Å². The Labute approximate surface area is 342 Å². The van der Waals surface area contributed by atoms with Gasteiger partial charge in [-0.1, -0.05) is 152 Å². The third kappa shape index (κ3) is 13.4. The summed E-state index contributed by atoms with van der Waals surface area (Å²) in [6, 6.07) is 55.6. The third-order valence-corrected chi connectivity index (χ3v) is 12.0. The second-order valence-electron chi connectivity index (χ2n) is 13.2. The van der Waals surface area contributed by atoms with Gasteiger partial charge in [-0.2, -0.15) is 0 Å². The zero-order chi connectivity index (χ0) is 39.5. The average Bonchev–Trinajstić information content (AvgIpc) is 3.26. The van der Waals surface area contributed by atoms with E-state index in [1.165, 1.54) is 35.4 Å². The Bertz CT molecular complexity index is 2020. The number of hydrogen-bond acceptors (Lipinski definition) is 9. The molecule has 10 heteroatoms. The van der Waals surface area contributed by atoms with Crippen molar-refractivity contribution >= 4 is 35.2 Å². The van der Waals surface area contributed by atoms with Crippen LogP contribution >= 0.6 is 23.5 Å². The molecule has 0 heterocycles. The Morgan fingerprint density at radius 3 is 1.37 bits per heavy atom. The number of ether oxygens (including phenoxy) is 4. The van der Waals surface area contributed by atoms with Gasteiger partial charge in [-0.25, -0.2) is 4.79 Å². The van der Waals surface area contributed by atoms with Gasteiger partial charge in [-0.15, -0.1) is 23.5 Å². The molecule has 0 spiro atoms. The highest BCUT2D eigenvalue weighted by atomic mass is 32.2. The SMILES string of the molecule is O=C(O[C@@H](COCc1ccccc1)[C@@H](OCc1ccccc1)[C@@H](OCc1ccccc1)C(SCc1ccccc1)SCc1ccccc1)c1ccc([N+](=O)[O-])cc1. The lowest BCUT2D eigenvalue weighted by atomic mass is 10.1. The fourth-order valence-electron chi connectivity index (χ4n) is 6.01. The molecule has 0 aliphatic rings. The van der Waals surface area contributed by atoms with Gasteiger partial charge in [0.2, 0.25) is 0 Å². The molecular formula is C47H45NO7S2. The van der Waals surface area contributed by atoms with Crippen LogP contribution in [0.3, 0.4) is 0 Å². The van der Waals surface area contributed by atoms with Crippen molar-refractivity contribution in [3.63, 3.8) is 0 Å². The summed E-state index contributed by atoms with van der Waals surface area (Å²) in [5, 5.41) is 11.4. The third-order valence-electron chi connectivity index (χ3n) is 9.01. The number of nitro groups is 1. The average molecular weight is 800 g/mol. The molecule has 6 aromatic carbocycles. The Kier molecular flexibility index (Phi) is 16.3. The topological polar surface area (TPSA) is 97.1 Å². The first kappa shape index (κ1) is 41.4. The van der Waals surface area contributed by atoms with Gasteiger partial charge in [0.1, 0.15) is 12.2 Å². The predicted molar refractivity (Wildman–Crippen MR) is 228 cm³/mol. The maximum absolute atomic E-state index is 14.0. The van der Waals surface area contributed by atoms with Crippen molar-refractivity contribution in [3.8, 4) is 0 Å². The number of nitrogens with zero attached hydrogens (tertiary/aromatic N) is 1. The number of thioether (sulfide) groups is 2. The van der Waals surface area contributed by atoms with Crippen molar-refractivity contribution in [2.24, 2.45) is 0 Å². The summed E-state index contributed by atoms with van der Waals surface area (Å²) in [6.07, 6.45) is -2.38. The van der Waals surface area contributed by atoms with Crippen LogP contribution in [-0.4, -0.2) is 40.4 Å². The van der Waals surface area contributed by atoms with Crippen LogP contribution < -0.4 is 0 Å². The number of carbonyl (C=O) groups excluding carboxylic acids is 1. The summed E-state index contributed by atoms with van der Waals surface area (Å²) in [5.74, 6) is 0.766. The van der Waals surface area contributed by atoms with Crippen LogP contribution in [0.5, 0.6) is 0 Å². The molecule has 0 fully saturated rings. The molecule has 0 aliphatic heterocycles. The van der Waals surface area contributed by atoms with E-state index in [0.717, 1.165) is 16.7 Å². The van der Waals surface area contributed by atoms with Crippen molar-refractivity contribution in [3.05, 3.63) is 219 Å². The van der Waals surface area contributed by atoms with Crippen molar-refractivity contribution in [2.45, 2.75) is 54.2 Å². The first-order valence-corrected chi connectivity index (χ1v) is 20.8. The first-order chi connectivity index (χ1) is 28.0. The highest BCUT2D eigenvalue weighted by Gasteiger charge is 2.40. The normalized spacial score (nSPS) is 12.8. The zero-order valence-corrected chi connectivity index (χ0v) is 33.0. The summed E-state index contributed by atoms with van der Waals surface area (Å²) in [7, 11) is 0. The molecule has 6 rings (SSSR count). The second-order valence-corrected chi connectivity index (χ2v) is 15.8. The lowest BCUT2D eigenvalue weighted by molar-refractivity contribution is -0.384. The second kappa shape index (κ2) is 22.5. The van der Waals surface area contributed by atoms with Gasteiger partial charge in [0, 0.05) is 23.6 Å². The summed E-state index contributed by atoms with van der Waals surface area (Å²) >= 11 is 3.52. The molecule has 0 saturated heterocycles. The van der Waals surface area contributed by atoms with E-state index < -0.39 is 29.2 Å². The van der Waals surface area contributed by atoms with E-state index in [1.54, 1.807) is 23.5 Å². The van der Waals surface area contributed by atoms with Crippen molar-refractivity contribution in [1.82, 2.24) is 0 Å². The minimum atomic E-state index is -0.946. The van der Waals surface area contributed by atoms with Crippen LogP contribution in [0.2, 0.25) is 0 Å². The number of non-ortho nitro benzene ring substituents is 1. The summed E-state index contributed by atoms with van der Waals surface area (Å²) in [4.78, 5) is 24.9. The smallest absolute Gasteiger partial charge is 0.338 e. The highest BCUT2D eigenvalue weighted by Crippen LogP contribution is 2.37. The van der Waals surface area contributed by atoms with E-state index in [-0.39, 0.29) is 35.7 Å². The fourth-order valence-corrected chi connectivity index (χ4v) is 8.74. The monoisotopic (exact) mass is 799 g/mol. The van der Waals surface area contributed by atoms with Crippen molar-refractivity contribution in [2.75, 3.05) is 6.61 Å². The molecule has 0 radical (unpaired) electrons. The maximum atomic E-state index is 14.0. The molecule has 0 amide bonds. The van der Waals surface area contributed by atoms with Gasteiger partial charge in [0.05, 0.1) is 41.5 Å². The van der Waals surface area contributed by atoms with Gasteiger partial charge in [-0.3, -0.25) is 10.1 Å². The predicted octanol–water partition coefficient (Wildman–Crippen LogP) is 10.7. The van der Waals surface area contributed by atoms with E-state index >= 15 is 0 Å². The molecule has 292 valence electrons. The Morgan fingerprint density at radius 1 is 0.526 bits per heavy atom. The molecule has 3 atom stereocenters. The van der Waals surface area contributed by atoms with E-state index in [9.17, 15) is 14.9 Å². The largest absolute Gasteiger partial charge is 0.453 e. The molecule has 0 saturated carbocycles. The van der Waals surface area contributed by atoms with Gasteiger partial charge >= 0.3 is 5.97 Å². The summed E-state index contributed by atoms with van der Waals surface area (Å²) in [5.41, 5.74) is 5.29. The minimum absolute atomic E-state index is 0.00229. The first-order valence-electron chi connectivity index (χ1n) is 18.7. The minimum Gasteiger partial charge on any atom is -0.453 e.